The van der Waals surface area contributed by atoms with Gasteiger partial charge in [0, 0.05) is 16.9 Å². The van der Waals surface area contributed by atoms with E-state index in [9.17, 15) is 10.1 Å². The highest BCUT2D eigenvalue weighted by molar-refractivity contribution is 8.06. The fraction of sp³-hybridized carbons (Fsp3) is 0.412. The van der Waals surface area contributed by atoms with Crippen molar-refractivity contribution in [2.24, 2.45) is 11.1 Å². The number of carbonyl (C=O) groups excluding carboxylic acids is 1. The van der Waals surface area contributed by atoms with E-state index in [4.69, 9.17) is 5.73 Å². The van der Waals surface area contributed by atoms with Crippen molar-refractivity contribution in [3.63, 3.8) is 0 Å². The summed E-state index contributed by atoms with van der Waals surface area (Å²) in [5.41, 5.74) is 8.57. The Morgan fingerprint density at radius 3 is 2.73 bits per heavy atom. The smallest absolute Gasteiger partial charge is 0.161 e. The van der Waals surface area contributed by atoms with Gasteiger partial charge in [0.15, 0.2) is 5.78 Å². The molecule has 1 aliphatic carbocycles. The maximum atomic E-state index is 12.8. The molecule has 0 saturated carbocycles. The summed E-state index contributed by atoms with van der Waals surface area (Å²) >= 11 is 3.01. The van der Waals surface area contributed by atoms with Gasteiger partial charge >= 0.3 is 0 Å². The predicted octanol–water partition coefficient (Wildman–Crippen LogP) is 4.22. The van der Waals surface area contributed by atoms with Crippen LogP contribution in [0, 0.1) is 23.7 Å². The van der Waals surface area contributed by atoms with Crippen molar-refractivity contribution >= 4 is 28.9 Å². The zero-order valence-electron chi connectivity index (χ0n) is 12.9. The van der Waals surface area contributed by atoms with Crippen molar-refractivity contribution in [1.29, 1.82) is 5.26 Å². The molecule has 1 aliphatic heterocycles. The van der Waals surface area contributed by atoms with Crippen LogP contribution in [-0.2, 0) is 4.79 Å². The molecule has 2 N–H and O–H groups in total. The predicted molar refractivity (Wildman–Crippen MR) is 91.3 cm³/mol. The molecule has 0 fully saturated rings. The monoisotopic (exact) mass is 330 g/mol. The highest BCUT2D eigenvalue weighted by Crippen LogP contribution is 2.53. The second-order valence-corrected chi connectivity index (χ2v) is 8.75. The average Bonchev–Trinajstić information content (AvgIpc) is 2.81. The van der Waals surface area contributed by atoms with Gasteiger partial charge in [-0.1, -0.05) is 25.6 Å². The number of Topliss-reactive ketones (excluding diaryl/α,β-unsaturated/α-hetero) is 1. The van der Waals surface area contributed by atoms with Gasteiger partial charge in [-0.2, -0.15) is 5.26 Å². The number of nitriles is 1. The van der Waals surface area contributed by atoms with Crippen molar-refractivity contribution in [1.82, 2.24) is 0 Å². The van der Waals surface area contributed by atoms with Crippen LogP contribution in [-0.4, -0.2) is 5.78 Å². The zero-order valence-corrected chi connectivity index (χ0v) is 14.5. The molecule has 0 aromatic carbocycles. The van der Waals surface area contributed by atoms with Crippen LogP contribution in [0.15, 0.2) is 32.5 Å². The van der Waals surface area contributed by atoms with Gasteiger partial charge in [0.05, 0.1) is 22.6 Å². The number of carbonyl (C=O) groups is 1. The number of aryl methyl sites for hydroxylation is 1. The van der Waals surface area contributed by atoms with Gasteiger partial charge in [0.2, 0.25) is 0 Å². The first-order valence-electron chi connectivity index (χ1n) is 7.22. The Morgan fingerprint density at radius 1 is 1.41 bits per heavy atom. The van der Waals surface area contributed by atoms with E-state index < -0.39 is 0 Å². The molecular formula is C17H18N2OS2. The standard InChI is InChI=1S/C17H18N2OS2/c1-9-4-5-21-15(9)13-10(8-18)16(19)22-12-7-17(2,3)6-11(20)14(12)13/h4-5,13H,6-7,19H2,1-3H3. The lowest BCUT2D eigenvalue weighted by atomic mass is 9.72. The summed E-state index contributed by atoms with van der Waals surface area (Å²) in [7, 11) is 0. The Hall–Kier alpha value is -1.51. The molecule has 5 heteroatoms. The van der Waals surface area contributed by atoms with E-state index in [0.717, 1.165) is 27.3 Å². The van der Waals surface area contributed by atoms with Crippen LogP contribution in [0.25, 0.3) is 0 Å². The third kappa shape index (κ3) is 2.41. The molecule has 3 nitrogen and oxygen atoms in total. The minimum absolute atomic E-state index is 0.0393. The van der Waals surface area contributed by atoms with E-state index in [1.165, 1.54) is 11.8 Å². The summed E-state index contributed by atoms with van der Waals surface area (Å²) in [6, 6.07) is 4.28. The molecule has 1 unspecified atom stereocenters. The summed E-state index contributed by atoms with van der Waals surface area (Å²) in [6.45, 7) is 6.25. The third-order valence-corrected chi connectivity index (χ3v) is 6.37. The molecule has 3 rings (SSSR count). The minimum atomic E-state index is -0.273. The van der Waals surface area contributed by atoms with Crippen LogP contribution in [0.5, 0.6) is 0 Å². The van der Waals surface area contributed by atoms with Gasteiger partial charge in [-0.15, -0.1) is 11.3 Å². The number of nitrogens with two attached hydrogens (primary N) is 1. The van der Waals surface area contributed by atoms with Crippen molar-refractivity contribution in [3.8, 4) is 6.07 Å². The summed E-state index contributed by atoms with van der Waals surface area (Å²) in [5, 5.41) is 12.1. The first-order chi connectivity index (χ1) is 10.3. The first kappa shape index (κ1) is 15.4. The lowest BCUT2D eigenvalue weighted by molar-refractivity contribution is -0.118. The number of hydrogen-bond donors (Lipinski definition) is 1. The van der Waals surface area contributed by atoms with Gasteiger partial charge < -0.3 is 5.73 Å². The highest BCUT2D eigenvalue weighted by atomic mass is 32.2. The van der Waals surface area contributed by atoms with Crippen molar-refractivity contribution in [2.45, 2.75) is 39.5 Å². The van der Waals surface area contributed by atoms with E-state index in [1.807, 2.05) is 18.4 Å². The average molecular weight is 330 g/mol. The molecule has 1 atom stereocenters. The Kier molecular flexibility index (Phi) is 3.70. The summed E-state index contributed by atoms with van der Waals surface area (Å²) in [6.07, 6.45) is 1.38. The fourth-order valence-corrected chi connectivity index (χ4v) is 5.62. The van der Waals surface area contributed by atoms with E-state index in [0.29, 0.717) is 17.0 Å². The molecular weight excluding hydrogens is 312 g/mol. The first-order valence-corrected chi connectivity index (χ1v) is 8.91. The van der Waals surface area contributed by atoms with Gasteiger partial charge in [-0.25, -0.2) is 0 Å². The fourth-order valence-electron chi connectivity index (χ4n) is 3.23. The van der Waals surface area contributed by atoms with Gasteiger partial charge in [0.1, 0.15) is 0 Å². The van der Waals surface area contributed by atoms with E-state index >= 15 is 0 Å². The molecule has 1 aromatic heterocycles. The second kappa shape index (κ2) is 5.29. The quantitative estimate of drug-likeness (QED) is 0.837. The van der Waals surface area contributed by atoms with Gasteiger partial charge in [-0.3, -0.25) is 4.79 Å². The number of hydrogen-bond acceptors (Lipinski definition) is 5. The number of ketones is 1. The highest BCUT2D eigenvalue weighted by Gasteiger charge is 2.42. The van der Waals surface area contributed by atoms with Crippen LogP contribution >= 0.6 is 23.1 Å². The van der Waals surface area contributed by atoms with Crippen LogP contribution in [0.3, 0.4) is 0 Å². The molecule has 0 bridgehead atoms. The second-order valence-electron chi connectivity index (χ2n) is 6.67. The molecule has 0 radical (unpaired) electrons. The lowest BCUT2D eigenvalue weighted by Gasteiger charge is -2.37. The summed E-state index contributed by atoms with van der Waals surface area (Å²) < 4.78 is 0. The minimum Gasteiger partial charge on any atom is -0.392 e. The number of rotatable bonds is 1. The maximum Gasteiger partial charge on any atom is 0.161 e. The van der Waals surface area contributed by atoms with E-state index in [2.05, 4.69) is 19.9 Å². The molecule has 0 spiro atoms. The van der Waals surface area contributed by atoms with Gasteiger partial charge in [-0.05, 0) is 40.7 Å². The topological polar surface area (TPSA) is 66.9 Å². The molecule has 22 heavy (non-hydrogen) atoms. The van der Waals surface area contributed by atoms with Crippen LogP contribution < -0.4 is 5.73 Å². The number of thiophene rings is 1. The Balaban J connectivity index is 2.20. The summed E-state index contributed by atoms with van der Waals surface area (Å²) in [4.78, 5) is 14.9. The van der Waals surface area contributed by atoms with Crippen molar-refractivity contribution < 1.29 is 4.79 Å². The molecule has 2 aliphatic rings. The Morgan fingerprint density at radius 2 is 2.14 bits per heavy atom. The zero-order chi connectivity index (χ0) is 16.1. The normalized spacial score (nSPS) is 24.3. The van der Waals surface area contributed by atoms with Crippen LogP contribution in [0.2, 0.25) is 0 Å². The number of allylic oxidation sites excluding steroid dienone is 3. The van der Waals surface area contributed by atoms with Crippen LogP contribution in [0.4, 0.5) is 0 Å². The molecule has 0 saturated heterocycles. The molecule has 1 aromatic rings. The van der Waals surface area contributed by atoms with Crippen molar-refractivity contribution in [2.75, 3.05) is 0 Å². The Bertz CT molecular complexity index is 762. The van der Waals surface area contributed by atoms with E-state index in [1.54, 1.807) is 11.3 Å². The van der Waals surface area contributed by atoms with Crippen molar-refractivity contribution in [3.05, 3.63) is 43.0 Å². The largest absolute Gasteiger partial charge is 0.392 e. The Labute approximate surface area is 138 Å². The SMILES string of the molecule is Cc1ccsc1C1C(C#N)=C(N)SC2=C1C(=O)CC(C)(C)C2. The maximum absolute atomic E-state index is 12.8. The molecule has 2 heterocycles. The number of thioether (sulfide) groups is 1. The molecule has 0 amide bonds. The van der Waals surface area contributed by atoms with E-state index in [-0.39, 0.29) is 17.1 Å². The third-order valence-electron chi connectivity index (χ3n) is 4.24. The lowest BCUT2D eigenvalue weighted by Crippen LogP contribution is -2.30. The van der Waals surface area contributed by atoms with Gasteiger partial charge in [0.25, 0.3) is 0 Å². The van der Waals surface area contributed by atoms with Crippen LogP contribution in [0.1, 0.15) is 43.0 Å². The molecule has 114 valence electrons. The summed E-state index contributed by atoms with van der Waals surface area (Å²) in [5.74, 6) is -0.110. The number of nitrogens with zero attached hydrogens (tertiary/aromatic N) is 1.